The fourth-order valence-electron chi connectivity index (χ4n) is 2.70. The molecule has 0 aliphatic rings. The van der Waals surface area contributed by atoms with Gasteiger partial charge in [0.25, 0.3) is 0 Å². The van der Waals surface area contributed by atoms with Crippen molar-refractivity contribution in [3.05, 3.63) is 28.8 Å². The maximum absolute atomic E-state index is 11.3. The van der Waals surface area contributed by atoms with Crippen molar-refractivity contribution < 1.29 is 44.6 Å². The predicted molar refractivity (Wildman–Crippen MR) is 92.8 cm³/mol. The average Bonchev–Trinajstić information content (AvgIpc) is 2.42. The van der Waals surface area contributed by atoms with Gasteiger partial charge in [-0.15, -0.1) is 0 Å². The van der Waals surface area contributed by atoms with Gasteiger partial charge in [0.1, 0.15) is 5.75 Å². The first kappa shape index (κ1) is 23.5. The number of carbonyl (C=O) groups excluding carboxylic acids is 1. The first-order chi connectivity index (χ1) is 10.6. The van der Waals surface area contributed by atoms with Crippen molar-refractivity contribution in [1.82, 2.24) is 0 Å². The molecule has 0 amide bonds. The fourth-order valence-corrected chi connectivity index (χ4v) is 2.70. The minimum Gasteiger partial charge on any atom is -0.545 e. The van der Waals surface area contributed by atoms with Crippen molar-refractivity contribution in [1.29, 1.82) is 0 Å². The molecule has 4 heteroatoms. The van der Waals surface area contributed by atoms with Crippen molar-refractivity contribution in [3.63, 3.8) is 0 Å². The van der Waals surface area contributed by atoms with Crippen molar-refractivity contribution in [2.24, 2.45) is 5.92 Å². The van der Waals surface area contributed by atoms with Crippen LogP contribution >= 0.6 is 0 Å². The number of unbranched alkanes of at least 4 members (excludes halogenated alkanes) is 3. The quantitative estimate of drug-likeness (QED) is 0.571. The summed E-state index contributed by atoms with van der Waals surface area (Å²) < 4.78 is 0. The van der Waals surface area contributed by atoms with Crippen molar-refractivity contribution in [2.75, 3.05) is 0 Å². The van der Waals surface area contributed by atoms with Gasteiger partial charge in [0, 0.05) is 5.56 Å². The average molecular weight is 342 g/mol. The Kier molecular flexibility index (Phi) is 10.3. The smallest absolute Gasteiger partial charge is 0.545 e. The Labute approximate surface area is 169 Å². The molecule has 0 aromatic heterocycles. The van der Waals surface area contributed by atoms with Crippen LogP contribution in [0.25, 0.3) is 0 Å². The zero-order valence-electron chi connectivity index (χ0n) is 16.2. The van der Waals surface area contributed by atoms with E-state index in [1.807, 2.05) is 26.8 Å². The number of aromatic hydroxyl groups is 1. The van der Waals surface area contributed by atoms with Gasteiger partial charge in [0.2, 0.25) is 0 Å². The SMILES string of the molecule is CC(C)CCCCCCc1cc(C(C)(C)C)cc(C(=O)[O-])c1O.[Na+]. The Morgan fingerprint density at radius 3 is 2.21 bits per heavy atom. The van der Waals surface area contributed by atoms with E-state index in [2.05, 4.69) is 13.8 Å². The molecule has 0 saturated carbocycles. The van der Waals surface area contributed by atoms with E-state index in [0.29, 0.717) is 6.42 Å². The molecular formula is C20H31NaO3. The van der Waals surface area contributed by atoms with Crippen LogP contribution in [0.1, 0.15) is 88.2 Å². The summed E-state index contributed by atoms with van der Waals surface area (Å²) in [6.45, 7) is 10.6. The van der Waals surface area contributed by atoms with E-state index in [1.165, 1.54) is 25.3 Å². The molecule has 0 saturated heterocycles. The standard InChI is InChI=1S/C20H32O3.Na/c1-14(2)10-8-6-7-9-11-15-12-16(20(3,4)5)13-17(18(15)21)19(22)23;/h12-14,21H,6-11H2,1-5H3,(H,22,23);/q;+1/p-1. The second kappa shape index (κ2) is 10.5. The monoisotopic (exact) mass is 342 g/mol. The predicted octanol–water partition coefficient (Wildman–Crippen LogP) is 1.21. The zero-order valence-corrected chi connectivity index (χ0v) is 18.2. The summed E-state index contributed by atoms with van der Waals surface area (Å²) in [5.41, 5.74) is 1.39. The Bertz CT molecular complexity index is 530. The minimum atomic E-state index is -1.31. The Balaban J connectivity index is 0.00000529. The summed E-state index contributed by atoms with van der Waals surface area (Å²) in [6, 6.07) is 3.48. The van der Waals surface area contributed by atoms with Crippen molar-refractivity contribution in [3.8, 4) is 5.75 Å². The van der Waals surface area contributed by atoms with Crippen LogP contribution in [0.5, 0.6) is 5.75 Å². The van der Waals surface area contributed by atoms with Crippen molar-refractivity contribution in [2.45, 2.75) is 78.6 Å². The summed E-state index contributed by atoms with van der Waals surface area (Å²) in [6.07, 6.45) is 6.44. The fraction of sp³-hybridized carbons (Fsp3) is 0.650. The number of aromatic carboxylic acids is 1. The molecular weight excluding hydrogens is 311 g/mol. The van der Waals surface area contributed by atoms with Crippen LogP contribution in [0.2, 0.25) is 0 Å². The maximum Gasteiger partial charge on any atom is 1.00 e. The molecule has 1 rings (SSSR count). The third-order valence-electron chi connectivity index (χ3n) is 4.25. The molecule has 1 aromatic carbocycles. The van der Waals surface area contributed by atoms with Crippen LogP contribution in [-0.4, -0.2) is 11.1 Å². The number of carboxylic acid groups (broad SMARTS) is 1. The van der Waals surface area contributed by atoms with E-state index in [0.717, 1.165) is 29.9 Å². The van der Waals surface area contributed by atoms with E-state index in [-0.39, 0.29) is 46.3 Å². The van der Waals surface area contributed by atoms with Crippen LogP contribution in [0.15, 0.2) is 12.1 Å². The van der Waals surface area contributed by atoms with Gasteiger partial charge < -0.3 is 15.0 Å². The van der Waals surface area contributed by atoms with Gasteiger partial charge in [-0.2, -0.15) is 0 Å². The third kappa shape index (κ3) is 7.58. The first-order valence-corrected chi connectivity index (χ1v) is 8.70. The maximum atomic E-state index is 11.3. The van der Waals surface area contributed by atoms with E-state index >= 15 is 0 Å². The van der Waals surface area contributed by atoms with E-state index < -0.39 is 5.97 Å². The molecule has 0 radical (unpaired) electrons. The molecule has 0 aliphatic heterocycles. The van der Waals surface area contributed by atoms with Crippen molar-refractivity contribution >= 4 is 5.97 Å². The van der Waals surface area contributed by atoms with Crippen LogP contribution in [0.3, 0.4) is 0 Å². The molecule has 0 aliphatic carbocycles. The molecule has 0 atom stereocenters. The number of hydrogen-bond acceptors (Lipinski definition) is 3. The topological polar surface area (TPSA) is 60.4 Å². The van der Waals surface area contributed by atoms with Crippen LogP contribution in [0.4, 0.5) is 0 Å². The number of carboxylic acids is 1. The summed E-state index contributed by atoms with van der Waals surface area (Å²) >= 11 is 0. The molecule has 0 fully saturated rings. The normalized spacial score (nSPS) is 11.4. The molecule has 1 aromatic rings. The number of carbonyl (C=O) groups is 1. The number of rotatable bonds is 8. The van der Waals surface area contributed by atoms with E-state index in [9.17, 15) is 15.0 Å². The molecule has 24 heavy (non-hydrogen) atoms. The van der Waals surface area contributed by atoms with Gasteiger partial charge >= 0.3 is 29.6 Å². The van der Waals surface area contributed by atoms with Gasteiger partial charge in [-0.3, -0.25) is 0 Å². The second-order valence-corrected chi connectivity index (χ2v) is 7.92. The molecule has 1 N–H and O–H groups in total. The molecule has 130 valence electrons. The number of benzene rings is 1. The van der Waals surface area contributed by atoms with Gasteiger partial charge in [0.15, 0.2) is 0 Å². The van der Waals surface area contributed by atoms with E-state index in [1.54, 1.807) is 0 Å². The Morgan fingerprint density at radius 2 is 1.71 bits per heavy atom. The summed E-state index contributed by atoms with van der Waals surface area (Å²) in [5.74, 6) is -0.694. The second-order valence-electron chi connectivity index (χ2n) is 7.92. The van der Waals surface area contributed by atoms with Crippen LogP contribution < -0.4 is 34.7 Å². The summed E-state index contributed by atoms with van der Waals surface area (Å²) in [4.78, 5) is 11.3. The Morgan fingerprint density at radius 1 is 1.12 bits per heavy atom. The van der Waals surface area contributed by atoms with Gasteiger partial charge in [0.05, 0.1) is 5.97 Å². The molecule has 0 unspecified atom stereocenters. The number of hydrogen-bond donors (Lipinski definition) is 1. The largest absolute Gasteiger partial charge is 1.00 e. The molecule has 0 bridgehead atoms. The third-order valence-corrected chi connectivity index (χ3v) is 4.25. The summed E-state index contributed by atoms with van der Waals surface area (Å²) in [7, 11) is 0. The van der Waals surface area contributed by atoms with Gasteiger partial charge in [-0.05, 0) is 41.4 Å². The minimum absolute atomic E-state index is 0. The van der Waals surface area contributed by atoms with Crippen LogP contribution in [-0.2, 0) is 11.8 Å². The van der Waals surface area contributed by atoms with Crippen LogP contribution in [0, 0.1) is 5.92 Å². The molecule has 0 spiro atoms. The number of aryl methyl sites for hydroxylation is 1. The van der Waals surface area contributed by atoms with Gasteiger partial charge in [-0.1, -0.05) is 66.4 Å². The number of phenols is 1. The van der Waals surface area contributed by atoms with E-state index in [4.69, 9.17) is 0 Å². The van der Waals surface area contributed by atoms with Gasteiger partial charge in [-0.25, -0.2) is 0 Å². The summed E-state index contributed by atoms with van der Waals surface area (Å²) in [5, 5.41) is 21.5. The zero-order chi connectivity index (χ0) is 17.6. The molecule has 0 heterocycles. The first-order valence-electron chi connectivity index (χ1n) is 8.70. The Hall–Kier alpha value is -0.510. The molecule has 3 nitrogen and oxygen atoms in total.